The maximum atomic E-state index is 13.4. The molecule has 0 fully saturated rings. The van der Waals surface area contributed by atoms with Crippen LogP contribution in [0.3, 0.4) is 0 Å². The minimum absolute atomic E-state index is 0.0429. The number of hydrogen-bond donors (Lipinski definition) is 0. The highest BCUT2D eigenvalue weighted by atomic mass is 16.6. The number of imide groups is 1. The molecular formula is C25H28N2O3. The average Bonchev–Trinajstić information content (AvgIpc) is 2.69. The van der Waals surface area contributed by atoms with Crippen LogP contribution in [0.2, 0.25) is 0 Å². The normalized spacial score (nSPS) is 18.5. The zero-order valence-electron chi connectivity index (χ0n) is 18.1. The van der Waals surface area contributed by atoms with Crippen molar-refractivity contribution >= 4 is 23.8 Å². The summed E-state index contributed by atoms with van der Waals surface area (Å²) < 4.78 is 5.59. The quantitative estimate of drug-likeness (QED) is 0.651. The van der Waals surface area contributed by atoms with E-state index in [2.05, 4.69) is 0 Å². The highest BCUT2D eigenvalue weighted by Crippen LogP contribution is 2.28. The Morgan fingerprint density at radius 2 is 1.60 bits per heavy atom. The maximum Gasteiger partial charge on any atom is 0.418 e. The lowest BCUT2D eigenvalue weighted by molar-refractivity contribution is -0.128. The van der Waals surface area contributed by atoms with Crippen LogP contribution >= 0.6 is 0 Å². The van der Waals surface area contributed by atoms with Gasteiger partial charge < -0.3 is 4.74 Å². The van der Waals surface area contributed by atoms with Crippen LogP contribution < -0.4 is 0 Å². The minimum Gasteiger partial charge on any atom is -0.443 e. The Balaban J connectivity index is 2.17. The van der Waals surface area contributed by atoms with E-state index >= 15 is 0 Å². The second-order valence-electron chi connectivity index (χ2n) is 8.65. The van der Waals surface area contributed by atoms with Gasteiger partial charge in [-0.2, -0.15) is 0 Å². The molecule has 0 N–H and O–H groups in total. The van der Waals surface area contributed by atoms with Crippen LogP contribution in [0.1, 0.15) is 45.7 Å². The van der Waals surface area contributed by atoms with Crippen LogP contribution in [0, 0.1) is 5.92 Å². The number of rotatable bonds is 3. The summed E-state index contributed by atoms with van der Waals surface area (Å²) in [4.78, 5) is 32.5. The fraction of sp³-hybridized carbons (Fsp3) is 0.320. The smallest absolute Gasteiger partial charge is 0.418 e. The summed E-state index contributed by atoms with van der Waals surface area (Å²) in [5.41, 5.74) is 1.88. The second-order valence-corrected chi connectivity index (χ2v) is 8.65. The fourth-order valence-corrected chi connectivity index (χ4v) is 3.38. The van der Waals surface area contributed by atoms with E-state index in [0.29, 0.717) is 5.71 Å². The zero-order valence-corrected chi connectivity index (χ0v) is 18.1. The van der Waals surface area contributed by atoms with E-state index in [1.165, 1.54) is 4.90 Å². The number of carbonyl (C=O) groups is 2. The molecule has 0 aromatic heterocycles. The number of nitrogens with zero attached hydrogens (tertiary/aromatic N) is 2. The molecule has 2 aromatic rings. The number of carbonyl (C=O) groups excluding carboxylic acids is 2. The minimum atomic E-state index is -0.719. The van der Waals surface area contributed by atoms with E-state index in [9.17, 15) is 9.59 Å². The summed E-state index contributed by atoms with van der Waals surface area (Å²) in [7, 11) is 0. The molecule has 5 nitrogen and oxygen atoms in total. The molecule has 0 saturated carbocycles. The van der Waals surface area contributed by atoms with Gasteiger partial charge in [-0.3, -0.25) is 4.79 Å². The third-order valence-corrected chi connectivity index (χ3v) is 4.63. The highest BCUT2D eigenvalue weighted by Gasteiger charge is 2.42. The van der Waals surface area contributed by atoms with Crippen LogP contribution in [0.4, 0.5) is 4.79 Å². The van der Waals surface area contributed by atoms with Gasteiger partial charge in [0.15, 0.2) is 0 Å². The molecule has 5 heteroatoms. The molecule has 2 amide bonds. The number of ether oxygens (including phenoxy) is 1. The van der Waals surface area contributed by atoms with E-state index in [4.69, 9.17) is 9.73 Å². The molecule has 1 unspecified atom stereocenters. The molecule has 1 heterocycles. The van der Waals surface area contributed by atoms with Crippen molar-refractivity contribution in [2.24, 2.45) is 10.9 Å². The number of hydrogen-bond acceptors (Lipinski definition) is 4. The molecule has 0 radical (unpaired) electrons. The lowest BCUT2D eigenvalue weighted by Crippen LogP contribution is -2.55. The largest absolute Gasteiger partial charge is 0.443 e. The lowest BCUT2D eigenvalue weighted by atomic mass is 9.90. The van der Waals surface area contributed by atoms with Crippen molar-refractivity contribution in [3.63, 3.8) is 0 Å². The Morgan fingerprint density at radius 1 is 1.03 bits per heavy atom. The first-order valence-electron chi connectivity index (χ1n) is 10.1. The zero-order chi connectivity index (χ0) is 21.9. The van der Waals surface area contributed by atoms with Crippen molar-refractivity contribution < 1.29 is 14.3 Å². The Bertz CT molecular complexity index is 970. The van der Waals surface area contributed by atoms with Gasteiger partial charge in [0.05, 0.1) is 11.8 Å². The van der Waals surface area contributed by atoms with Gasteiger partial charge in [-0.25, -0.2) is 14.7 Å². The van der Waals surface area contributed by atoms with Gasteiger partial charge >= 0.3 is 6.09 Å². The van der Waals surface area contributed by atoms with Crippen molar-refractivity contribution in [2.45, 2.75) is 46.3 Å². The Kier molecular flexibility index (Phi) is 6.20. The average molecular weight is 405 g/mol. The van der Waals surface area contributed by atoms with E-state index in [-0.39, 0.29) is 11.6 Å². The number of amides is 2. The summed E-state index contributed by atoms with van der Waals surface area (Å²) in [6, 6.07) is 18.6. The first-order chi connectivity index (χ1) is 14.2. The summed E-state index contributed by atoms with van der Waals surface area (Å²) in [5, 5.41) is 0. The molecule has 0 saturated heterocycles. The van der Waals surface area contributed by atoms with E-state index < -0.39 is 23.6 Å². The lowest BCUT2D eigenvalue weighted by Gasteiger charge is -2.38. The predicted molar refractivity (Wildman–Crippen MR) is 119 cm³/mol. The molecule has 1 aliphatic heterocycles. The molecular weight excluding hydrogens is 376 g/mol. The first-order valence-corrected chi connectivity index (χ1v) is 10.1. The molecule has 156 valence electrons. The van der Waals surface area contributed by atoms with Crippen molar-refractivity contribution in [1.82, 2.24) is 4.90 Å². The summed E-state index contributed by atoms with van der Waals surface area (Å²) in [6.45, 7) is 9.31. The van der Waals surface area contributed by atoms with Gasteiger partial charge in [-0.1, -0.05) is 74.5 Å². The Labute approximate surface area is 178 Å². The topological polar surface area (TPSA) is 59.0 Å². The molecule has 1 atom stereocenters. The third-order valence-electron chi connectivity index (χ3n) is 4.63. The third kappa shape index (κ3) is 4.85. The second kappa shape index (κ2) is 8.66. The SMILES string of the molecule is CC(C)C1C(c2ccccc2)=N/C(=C\c2ccccc2)C(=O)N1C(=O)OC(C)(C)C. The van der Waals surface area contributed by atoms with Crippen molar-refractivity contribution in [3.8, 4) is 0 Å². The summed E-state index contributed by atoms with van der Waals surface area (Å²) in [6.07, 6.45) is 1.05. The first kappa shape index (κ1) is 21.5. The Morgan fingerprint density at radius 3 is 2.13 bits per heavy atom. The van der Waals surface area contributed by atoms with E-state index in [1.807, 2.05) is 74.5 Å². The molecule has 1 aliphatic rings. The Hall–Kier alpha value is -3.21. The standard InChI is InChI=1S/C25H28N2O3/c1-17(2)22-21(19-14-10-7-11-15-19)26-20(16-18-12-8-6-9-13-18)23(28)27(22)24(29)30-25(3,4)5/h6-17,22H,1-5H3/b20-16-. The van der Waals surface area contributed by atoms with Gasteiger partial charge in [0.2, 0.25) is 0 Å². The van der Waals surface area contributed by atoms with Crippen molar-refractivity contribution in [2.75, 3.05) is 0 Å². The maximum absolute atomic E-state index is 13.4. The van der Waals surface area contributed by atoms with Crippen molar-refractivity contribution in [1.29, 1.82) is 0 Å². The molecule has 3 rings (SSSR count). The van der Waals surface area contributed by atoms with E-state index in [0.717, 1.165) is 11.1 Å². The summed E-state index contributed by atoms with van der Waals surface area (Å²) in [5.74, 6) is -0.495. The highest BCUT2D eigenvalue weighted by molar-refractivity contribution is 6.17. The number of benzene rings is 2. The van der Waals surface area contributed by atoms with E-state index in [1.54, 1.807) is 26.8 Å². The molecule has 0 aliphatic carbocycles. The van der Waals surface area contributed by atoms with Gasteiger partial charge in [0.1, 0.15) is 11.3 Å². The van der Waals surface area contributed by atoms with Gasteiger partial charge in [-0.15, -0.1) is 0 Å². The molecule has 2 aromatic carbocycles. The number of aliphatic imine (C=N–C) groups is 1. The van der Waals surface area contributed by atoms with Gasteiger partial charge in [-0.05, 0) is 43.9 Å². The summed E-state index contributed by atoms with van der Waals surface area (Å²) >= 11 is 0. The molecule has 0 bridgehead atoms. The van der Waals surface area contributed by atoms with Crippen LogP contribution in [0.5, 0.6) is 0 Å². The monoisotopic (exact) mass is 404 g/mol. The predicted octanol–water partition coefficient (Wildman–Crippen LogP) is 5.32. The molecule has 0 spiro atoms. The fourth-order valence-electron chi connectivity index (χ4n) is 3.38. The molecule has 30 heavy (non-hydrogen) atoms. The van der Waals surface area contributed by atoms with Crippen LogP contribution in [0.15, 0.2) is 71.4 Å². The van der Waals surface area contributed by atoms with Crippen LogP contribution in [0.25, 0.3) is 6.08 Å². The van der Waals surface area contributed by atoms with Crippen LogP contribution in [-0.4, -0.2) is 34.3 Å². The van der Waals surface area contributed by atoms with Gasteiger partial charge in [0.25, 0.3) is 5.91 Å². The van der Waals surface area contributed by atoms with Crippen LogP contribution in [-0.2, 0) is 9.53 Å². The van der Waals surface area contributed by atoms with Gasteiger partial charge in [0, 0.05) is 0 Å². The van der Waals surface area contributed by atoms with Crippen molar-refractivity contribution in [3.05, 3.63) is 77.5 Å².